The minimum atomic E-state index is 0.331. The number of nitrogens with one attached hydrogen (secondary N) is 1. The molecular formula is C21H27N3. The Morgan fingerprint density at radius 2 is 1.75 bits per heavy atom. The second-order valence-corrected chi connectivity index (χ2v) is 6.42. The summed E-state index contributed by atoms with van der Waals surface area (Å²) in [6, 6.07) is 18.6. The summed E-state index contributed by atoms with van der Waals surface area (Å²) in [5, 5.41) is 4.63. The van der Waals surface area contributed by atoms with Crippen molar-refractivity contribution in [2.75, 3.05) is 26.1 Å². The Morgan fingerprint density at radius 1 is 1.08 bits per heavy atom. The molecule has 0 spiro atoms. The van der Waals surface area contributed by atoms with E-state index in [4.69, 9.17) is 0 Å². The maximum Gasteiger partial charge on any atom is 0.0648 e. The minimum Gasteiger partial charge on any atom is -0.309 e. The van der Waals surface area contributed by atoms with E-state index in [1.165, 1.54) is 11.1 Å². The Kier molecular flexibility index (Phi) is 6.76. The number of anilines is 1. The van der Waals surface area contributed by atoms with Gasteiger partial charge in [-0.3, -0.25) is 5.43 Å². The smallest absolute Gasteiger partial charge is 0.0648 e. The Morgan fingerprint density at radius 3 is 2.38 bits per heavy atom. The molecular weight excluding hydrogens is 294 g/mol. The number of benzene rings is 2. The zero-order valence-corrected chi connectivity index (χ0v) is 15.0. The number of hydrogen-bond acceptors (Lipinski definition) is 3. The van der Waals surface area contributed by atoms with Crippen molar-refractivity contribution in [3.05, 3.63) is 71.8 Å². The summed E-state index contributed by atoms with van der Waals surface area (Å²) in [6.45, 7) is 5.25. The van der Waals surface area contributed by atoms with E-state index in [-0.39, 0.29) is 0 Å². The van der Waals surface area contributed by atoms with E-state index >= 15 is 0 Å². The quantitative estimate of drug-likeness (QED) is 0.592. The number of hydrogen-bond donors (Lipinski definition) is 1. The third kappa shape index (κ3) is 6.01. The molecule has 1 N–H and O–H groups in total. The number of hydrazone groups is 1. The van der Waals surface area contributed by atoms with Crippen molar-refractivity contribution in [3.8, 4) is 0 Å². The number of allylic oxidation sites excluding steroid dienone is 1. The Balaban J connectivity index is 2.16. The van der Waals surface area contributed by atoms with Crippen LogP contribution < -0.4 is 5.43 Å². The van der Waals surface area contributed by atoms with Gasteiger partial charge < -0.3 is 4.90 Å². The number of rotatable bonds is 7. The average Bonchev–Trinajstić information content (AvgIpc) is 2.56. The first-order valence-corrected chi connectivity index (χ1v) is 8.32. The first kappa shape index (κ1) is 18.0. The third-order valence-corrected chi connectivity index (χ3v) is 3.76. The van der Waals surface area contributed by atoms with Crippen LogP contribution in [-0.2, 0) is 0 Å². The molecule has 3 nitrogen and oxygen atoms in total. The van der Waals surface area contributed by atoms with Gasteiger partial charge in [-0.2, -0.15) is 5.10 Å². The van der Waals surface area contributed by atoms with Crippen LogP contribution in [0, 0.1) is 12.8 Å². The molecule has 0 bridgehead atoms. The average molecular weight is 321 g/mol. The predicted octanol–water partition coefficient (Wildman–Crippen LogP) is 4.67. The van der Waals surface area contributed by atoms with Gasteiger partial charge in [0, 0.05) is 12.5 Å². The largest absolute Gasteiger partial charge is 0.309 e. The van der Waals surface area contributed by atoms with E-state index in [1.807, 2.05) is 30.3 Å². The van der Waals surface area contributed by atoms with E-state index in [0.717, 1.165) is 17.9 Å². The molecule has 0 aliphatic heterocycles. The van der Waals surface area contributed by atoms with Crippen LogP contribution in [0.4, 0.5) is 5.69 Å². The van der Waals surface area contributed by atoms with Gasteiger partial charge in [0.2, 0.25) is 0 Å². The van der Waals surface area contributed by atoms with Gasteiger partial charge in [0.15, 0.2) is 0 Å². The van der Waals surface area contributed by atoms with Crippen molar-refractivity contribution in [3.63, 3.8) is 0 Å². The van der Waals surface area contributed by atoms with E-state index in [1.54, 1.807) is 0 Å². The summed E-state index contributed by atoms with van der Waals surface area (Å²) < 4.78 is 0. The van der Waals surface area contributed by atoms with E-state index < -0.39 is 0 Å². The first-order chi connectivity index (χ1) is 11.5. The van der Waals surface area contributed by atoms with Crippen LogP contribution in [0.25, 0.3) is 6.08 Å². The van der Waals surface area contributed by atoms with Gasteiger partial charge in [-0.1, -0.05) is 61.0 Å². The molecule has 0 saturated carbocycles. The van der Waals surface area contributed by atoms with Crippen molar-refractivity contribution in [1.29, 1.82) is 0 Å². The van der Waals surface area contributed by atoms with E-state index in [2.05, 4.69) is 79.8 Å². The van der Waals surface area contributed by atoms with Gasteiger partial charge in [-0.05, 0) is 44.8 Å². The molecule has 0 aromatic heterocycles. The lowest BCUT2D eigenvalue weighted by molar-refractivity contribution is 0.381. The normalized spacial score (nSPS) is 13.5. The summed E-state index contributed by atoms with van der Waals surface area (Å²) >= 11 is 0. The molecule has 0 aliphatic rings. The highest BCUT2D eigenvalue weighted by Gasteiger charge is 2.09. The van der Waals surface area contributed by atoms with Crippen LogP contribution in [0.5, 0.6) is 0 Å². The maximum absolute atomic E-state index is 4.63. The maximum atomic E-state index is 4.63. The number of para-hydroxylation sites is 1. The van der Waals surface area contributed by atoms with Crippen LogP contribution in [0.2, 0.25) is 0 Å². The van der Waals surface area contributed by atoms with E-state index in [9.17, 15) is 0 Å². The first-order valence-electron chi connectivity index (χ1n) is 8.32. The molecule has 2 aromatic carbocycles. The lowest BCUT2D eigenvalue weighted by Crippen LogP contribution is -2.25. The number of aryl methyl sites for hydroxylation is 1. The van der Waals surface area contributed by atoms with Crippen LogP contribution in [0.1, 0.15) is 18.1 Å². The summed E-state index contributed by atoms with van der Waals surface area (Å²) in [5.74, 6) is 0.331. The fourth-order valence-corrected chi connectivity index (χ4v) is 2.45. The minimum absolute atomic E-state index is 0.331. The van der Waals surface area contributed by atoms with Crippen molar-refractivity contribution < 1.29 is 0 Å². The second-order valence-electron chi connectivity index (χ2n) is 6.42. The van der Waals surface area contributed by atoms with Gasteiger partial charge in [0.05, 0.1) is 11.4 Å². The van der Waals surface area contributed by atoms with Gasteiger partial charge in [0.25, 0.3) is 0 Å². The van der Waals surface area contributed by atoms with Crippen LogP contribution >= 0.6 is 0 Å². The van der Waals surface area contributed by atoms with Gasteiger partial charge >= 0.3 is 0 Å². The van der Waals surface area contributed by atoms with Crippen LogP contribution in [0.15, 0.2) is 65.8 Å². The zero-order chi connectivity index (χ0) is 17.4. The fourth-order valence-electron chi connectivity index (χ4n) is 2.45. The summed E-state index contributed by atoms with van der Waals surface area (Å²) in [6.07, 6.45) is 4.23. The van der Waals surface area contributed by atoms with Crippen molar-refractivity contribution >= 4 is 17.5 Å². The SMILES string of the molecule is Cc1ccc(C=C/C(=N/Nc2ccccc2)C(C)CN(C)C)cc1. The molecule has 0 radical (unpaired) electrons. The zero-order valence-electron chi connectivity index (χ0n) is 15.0. The molecule has 1 atom stereocenters. The summed E-state index contributed by atoms with van der Waals surface area (Å²) in [7, 11) is 4.17. The predicted molar refractivity (Wildman–Crippen MR) is 105 cm³/mol. The fraction of sp³-hybridized carbons (Fsp3) is 0.286. The van der Waals surface area contributed by atoms with E-state index in [0.29, 0.717) is 5.92 Å². The van der Waals surface area contributed by atoms with Gasteiger partial charge in [-0.15, -0.1) is 0 Å². The van der Waals surface area contributed by atoms with Crippen LogP contribution in [-0.4, -0.2) is 31.3 Å². The molecule has 2 aromatic rings. The highest BCUT2D eigenvalue weighted by Crippen LogP contribution is 2.10. The molecule has 2 rings (SSSR count). The highest BCUT2D eigenvalue weighted by molar-refractivity contribution is 6.00. The van der Waals surface area contributed by atoms with Crippen molar-refractivity contribution in [2.45, 2.75) is 13.8 Å². The Labute approximate surface area is 145 Å². The molecule has 0 fully saturated rings. The number of nitrogens with zero attached hydrogens (tertiary/aromatic N) is 2. The molecule has 0 saturated heterocycles. The monoisotopic (exact) mass is 321 g/mol. The second kappa shape index (κ2) is 9.04. The molecule has 0 amide bonds. The van der Waals surface area contributed by atoms with Crippen LogP contribution in [0.3, 0.4) is 0 Å². The van der Waals surface area contributed by atoms with Gasteiger partial charge in [0.1, 0.15) is 0 Å². The van der Waals surface area contributed by atoms with Crippen molar-refractivity contribution in [1.82, 2.24) is 4.90 Å². The topological polar surface area (TPSA) is 27.6 Å². The molecule has 0 heterocycles. The molecule has 126 valence electrons. The van der Waals surface area contributed by atoms with Crippen molar-refractivity contribution in [2.24, 2.45) is 11.0 Å². The summed E-state index contributed by atoms with van der Waals surface area (Å²) in [4.78, 5) is 2.18. The lowest BCUT2D eigenvalue weighted by atomic mass is 10.0. The third-order valence-electron chi connectivity index (χ3n) is 3.76. The highest BCUT2D eigenvalue weighted by atomic mass is 15.3. The van der Waals surface area contributed by atoms with Gasteiger partial charge in [-0.25, -0.2) is 0 Å². The lowest BCUT2D eigenvalue weighted by Gasteiger charge is -2.17. The Hall–Kier alpha value is -2.39. The molecule has 0 aliphatic carbocycles. The standard InChI is InChI=1S/C21H27N3/c1-17-10-12-19(13-11-17)14-15-21(18(2)16-24(3)4)23-22-20-8-6-5-7-9-20/h5-15,18,22H,16H2,1-4H3/b15-14?,23-21-. The molecule has 1 unspecified atom stereocenters. The Bertz CT molecular complexity index is 670. The summed E-state index contributed by atoms with van der Waals surface area (Å²) in [5.41, 5.74) is 7.65. The molecule has 24 heavy (non-hydrogen) atoms. The molecule has 3 heteroatoms.